The number of nitrogens with one attached hydrogen (secondary N) is 2. The summed E-state index contributed by atoms with van der Waals surface area (Å²) >= 11 is 0. The molecule has 2 aliphatic heterocycles. The normalized spacial score (nSPS) is 16.0. The van der Waals surface area contributed by atoms with E-state index in [0.717, 1.165) is 53.4 Å². The van der Waals surface area contributed by atoms with Crippen LogP contribution in [-0.4, -0.2) is 55.6 Å². The molecule has 0 fully saturated rings. The number of nitrogens with zero attached hydrogens (tertiary/aromatic N) is 3. The number of ether oxygens (including phenoxy) is 1. The maximum atomic E-state index is 10.9. The Morgan fingerprint density at radius 1 is 1.39 bits per heavy atom. The maximum Gasteiger partial charge on any atom is 0.307 e. The molecule has 0 saturated heterocycles. The van der Waals surface area contributed by atoms with Gasteiger partial charge in [0.05, 0.1) is 24.8 Å². The van der Waals surface area contributed by atoms with Gasteiger partial charge in [-0.3, -0.25) is 9.79 Å². The molecule has 0 unspecified atom stereocenters. The van der Waals surface area contributed by atoms with Crippen LogP contribution in [0.15, 0.2) is 46.7 Å². The van der Waals surface area contributed by atoms with Crippen LogP contribution < -0.4 is 20.3 Å². The Hall–Kier alpha value is -3.55. The van der Waals surface area contributed by atoms with Crippen LogP contribution in [0.25, 0.3) is 0 Å². The summed E-state index contributed by atoms with van der Waals surface area (Å²) in [5.74, 6) is -0.166. The summed E-state index contributed by atoms with van der Waals surface area (Å²) in [5, 5.41) is 15.9. The first-order valence-corrected chi connectivity index (χ1v) is 10.4. The number of hydrogen-bond acceptors (Lipinski definition) is 7. The van der Waals surface area contributed by atoms with Gasteiger partial charge in [0.2, 0.25) is 5.88 Å². The van der Waals surface area contributed by atoms with E-state index in [1.165, 1.54) is 5.57 Å². The monoisotopic (exact) mass is 421 g/mol. The van der Waals surface area contributed by atoms with Gasteiger partial charge in [0.15, 0.2) is 0 Å². The summed E-state index contributed by atoms with van der Waals surface area (Å²) in [5.41, 5.74) is 7.12. The average Bonchev–Trinajstić information content (AvgIpc) is 2.77. The van der Waals surface area contributed by atoms with Crippen LogP contribution in [0.1, 0.15) is 17.5 Å². The fourth-order valence-electron chi connectivity index (χ4n) is 3.99. The van der Waals surface area contributed by atoms with Gasteiger partial charge in [-0.2, -0.15) is 0 Å². The summed E-state index contributed by atoms with van der Waals surface area (Å²) in [6, 6.07) is 7.51. The summed E-state index contributed by atoms with van der Waals surface area (Å²) in [6.07, 6.45) is 4.67. The van der Waals surface area contributed by atoms with Gasteiger partial charge in [-0.05, 0) is 36.6 Å². The van der Waals surface area contributed by atoms with Crippen LogP contribution >= 0.6 is 0 Å². The van der Waals surface area contributed by atoms with Gasteiger partial charge in [-0.15, -0.1) is 0 Å². The van der Waals surface area contributed by atoms with Crippen molar-refractivity contribution >= 4 is 29.2 Å². The highest BCUT2D eigenvalue weighted by atomic mass is 16.5. The number of rotatable bonds is 6. The van der Waals surface area contributed by atoms with E-state index < -0.39 is 5.97 Å². The first kappa shape index (κ1) is 20.7. The molecular weight excluding hydrogens is 394 g/mol. The number of fused-ring (bicyclic) bond motifs is 1. The Bertz CT molecular complexity index is 1030. The van der Waals surface area contributed by atoms with E-state index in [9.17, 15) is 4.79 Å². The van der Waals surface area contributed by atoms with Gasteiger partial charge < -0.3 is 25.4 Å². The van der Waals surface area contributed by atoms with Crippen LogP contribution in [0, 0.1) is 6.92 Å². The van der Waals surface area contributed by atoms with Crippen LogP contribution in [0.5, 0.6) is 5.88 Å². The Labute approximate surface area is 181 Å². The van der Waals surface area contributed by atoms with E-state index in [2.05, 4.69) is 32.4 Å². The first-order chi connectivity index (χ1) is 15.0. The predicted octanol–water partition coefficient (Wildman–Crippen LogP) is 3.10. The highest BCUT2D eigenvalue weighted by Gasteiger charge is 2.23. The smallest absolute Gasteiger partial charge is 0.307 e. The molecule has 2 aromatic rings. The number of carboxylic acid groups (broad SMARTS) is 1. The van der Waals surface area contributed by atoms with Gasteiger partial charge in [-0.1, -0.05) is 12.1 Å². The van der Waals surface area contributed by atoms with Gasteiger partial charge in [0.25, 0.3) is 0 Å². The molecule has 31 heavy (non-hydrogen) atoms. The lowest BCUT2D eigenvalue weighted by atomic mass is 10.0. The van der Waals surface area contributed by atoms with Gasteiger partial charge in [0.1, 0.15) is 12.3 Å². The molecule has 1 aromatic carbocycles. The summed E-state index contributed by atoms with van der Waals surface area (Å²) in [6.45, 7) is 5.07. The van der Waals surface area contributed by atoms with Gasteiger partial charge >= 0.3 is 5.97 Å². The minimum atomic E-state index is -0.832. The highest BCUT2D eigenvalue weighted by molar-refractivity contribution is 5.82. The summed E-state index contributed by atoms with van der Waals surface area (Å²) in [7, 11) is 1.78. The molecule has 0 radical (unpaired) electrons. The zero-order chi connectivity index (χ0) is 21.8. The molecule has 0 bridgehead atoms. The number of benzene rings is 1. The van der Waals surface area contributed by atoms with Crippen molar-refractivity contribution in [3.8, 4) is 5.88 Å². The third-order valence-corrected chi connectivity index (χ3v) is 5.54. The largest absolute Gasteiger partial charge is 0.481 e. The molecule has 3 heterocycles. The number of carboxylic acids is 1. The van der Waals surface area contributed by atoms with Crippen molar-refractivity contribution in [2.45, 2.75) is 19.8 Å². The van der Waals surface area contributed by atoms with Crippen molar-refractivity contribution < 1.29 is 14.6 Å². The Balaban J connectivity index is 1.57. The molecule has 8 nitrogen and oxygen atoms in total. The second-order valence-corrected chi connectivity index (χ2v) is 7.68. The number of aromatic nitrogens is 1. The number of carbonyl (C=O) groups is 1. The Kier molecular flexibility index (Phi) is 6.06. The van der Waals surface area contributed by atoms with E-state index in [-0.39, 0.29) is 6.42 Å². The van der Waals surface area contributed by atoms with Crippen molar-refractivity contribution in [3.63, 3.8) is 0 Å². The van der Waals surface area contributed by atoms with E-state index in [1.54, 1.807) is 7.05 Å². The fourth-order valence-corrected chi connectivity index (χ4v) is 3.99. The lowest BCUT2D eigenvalue weighted by Crippen LogP contribution is -2.35. The maximum absolute atomic E-state index is 10.9. The average molecular weight is 422 g/mol. The molecule has 0 aliphatic carbocycles. The number of hydrogen-bond donors (Lipinski definition) is 3. The number of pyridine rings is 1. The summed E-state index contributed by atoms with van der Waals surface area (Å²) in [4.78, 5) is 22.0. The van der Waals surface area contributed by atoms with Crippen LogP contribution in [0.4, 0.5) is 17.1 Å². The van der Waals surface area contributed by atoms with Crippen molar-refractivity contribution in [3.05, 3.63) is 52.9 Å². The predicted molar refractivity (Wildman–Crippen MR) is 123 cm³/mol. The quantitative estimate of drug-likeness (QED) is 0.617. The van der Waals surface area contributed by atoms with Crippen molar-refractivity contribution in [2.75, 3.05) is 48.8 Å². The van der Waals surface area contributed by atoms with Gasteiger partial charge in [-0.25, -0.2) is 4.98 Å². The molecule has 0 amide bonds. The lowest BCUT2D eigenvalue weighted by Gasteiger charge is -2.34. The van der Waals surface area contributed by atoms with E-state index >= 15 is 0 Å². The lowest BCUT2D eigenvalue weighted by molar-refractivity contribution is -0.136. The Morgan fingerprint density at radius 3 is 2.94 bits per heavy atom. The molecule has 4 rings (SSSR count). The molecule has 3 N–H and O–H groups in total. The molecule has 2 aliphatic rings. The van der Waals surface area contributed by atoms with Gasteiger partial charge in [0, 0.05) is 43.3 Å². The minimum absolute atomic E-state index is 0.0207. The standard InChI is InChI=1S/C23H27N5O3/c1-15-20(13-26-23-22(15)25-8-10-31-23)28-9-7-17(12-24-2)19(14-28)27-18-5-3-16(4-6-18)11-21(29)30/h3-6,12-13,25,27H,7-11,14H2,1-2H3,(H,29,30). The fraction of sp³-hybridized carbons (Fsp3) is 0.348. The molecule has 162 valence electrons. The van der Waals surface area contributed by atoms with E-state index in [4.69, 9.17) is 9.84 Å². The van der Waals surface area contributed by atoms with Crippen LogP contribution in [0.2, 0.25) is 0 Å². The zero-order valence-electron chi connectivity index (χ0n) is 17.8. The SMILES string of the molecule is CN=CC1=C(Nc2ccc(CC(=O)O)cc2)CN(c2cnc3c(c2C)NCCO3)CC1. The topological polar surface area (TPSA) is 99.1 Å². The molecule has 0 atom stereocenters. The minimum Gasteiger partial charge on any atom is -0.481 e. The summed E-state index contributed by atoms with van der Waals surface area (Å²) < 4.78 is 5.66. The van der Waals surface area contributed by atoms with E-state index in [0.29, 0.717) is 19.0 Å². The first-order valence-electron chi connectivity index (χ1n) is 10.4. The highest BCUT2D eigenvalue weighted by Crippen LogP contribution is 2.36. The molecule has 0 spiro atoms. The molecule has 1 aromatic heterocycles. The zero-order valence-corrected chi connectivity index (χ0v) is 17.8. The van der Waals surface area contributed by atoms with Crippen molar-refractivity contribution in [2.24, 2.45) is 4.99 Å². The van der Waals surface area contributed by atoms with Crippen molar-refractivity contribution in [1.82, 2.24) is 4.98 Å². The van der Waals surface area contributed by atoms with Crippen LogP contribution in [-0.2, 0) is 11.2 Å². The molecular formula is C23H27N5O3. The van der Waals surface area contributed by atoms with E-state index in [1.807, 2.05) is 36.7 Å². The second-order valence-electron chi connectivity index (χ2n) is 7.68. The number of aliphatic imine (C=N–C) groups is 1. The third-order valence-electron chi connectivity index (χ3n) is 5.54. The second kappa shape index (κ2) is 9.07. The third kappa shape index (κ3) is 4.63. The van der Waals surface area contributed by atoms with Crippen molar-refractivity contribution in [1.29, 1.82) is 0 Å². The number of aliphatic carboxylic acids is 1. The number of anilines is 3. The molecule has 8 heteroatoms. The molecule has 0 saturated carbocycles. The Morgan fingerprint density at radius 2 is 2.19 bits per heavy atom. The van der Waals surface area contributed by atoms with Crippen LogP contribution in [0.3, 0.4) is 0 Å².